The minimum atomic E-state index is -1.05. The molecule has 1 rings (SSSR count). The highest BCUT2D eigenvalue weighted by Crippen LogP contribution is 2.16. The molecule has 2 atom stereocenters. The van der Waals surface area contributed by atoms with E-state index in [2.05, 4.69) is 5.32 Å². The Morgan fingerprint density at radius 1 is 1.33 bits per heavy atom. The summed E-state index contributed by atoms with van der Waals surface area (Å²) in [5, 5.41) is 11.6. The van der Waals surface area contributed by atoms with Crippen molar-refractivity contribution < 1.29 is 29.0 Å². The smallest absolute Gasteiger partial charge is 0.305 e. The van der Waals surface area contributed by atoms with Gasteiger partial charge in [-0.1, -0.05) is 12.1 Å². The van der Waals surface area contributed by atoms with E-state index < -0.39 is 23.5 Å². The van der Waals surface area contributed by atoms with E-state index in [4.69, 9.17) is 14.6 Å². The van der Waals surface area contributed by atoms with E-state index in [1.807, 2.05) is 0 Å². The normalized spacial score (nSPS) is 14.3. The first kappa shape index (κ1) is 19.6. The van der Waals surface area contributed by atoms with Crippen LogP contribution in [0.5, 0.6) is 5.75 Å². The van der Waals surface area contributed by atoms with Crippen molar-refractivity contribution >= 4 is 17.7 Å². The van der Waals surface area contributed by atoms with Crippen molar-refractivity contribution in [3.05, 3.63) is 29.8 Å². The number of aliphatic carboxylic acids is 1. The van der Waals surface area contributed by atoms with Gasteiger partial charge in [-0.2, -0.15) is 0 Å². The van der Waals surface area contributed by atoms with E-state index in [0.29, 0.717) is 11.3 Å². The second-order valence-electron chi connectivity index (χ2n) is 5.90. The molecule has 0 aromatic heterocycles. The Labute approximate surface area is 141 Å². The maximum atomic E-state index is 12.3. The molecule has 24 heavy (non-hydrogen) atoms. The van der Waals surface area contributed by atoms with E-state index in [0.717, 1.165) is 0 Å². The average Bonchev–Trinajstić information content (AvgIpc) is 2.46. The van der Waals surface area contributed by atoms with Crippen molar-refractivity contribution in [2.24, 2.45) is 0 Å². The zero-order valence-electron chi connectivity index (χ0n) is 14.3. The Morgan fingerprint density at radius 3 is 2.54 bits per heavy atom. The molecule has 0 heterocycles. The molecule has 132 valence electrons. The Bertz CT molecular complexity index is 615. The quantitative estimate of drug-likeness (QED) is 0.664. The molecular weight excluding hydrogens is 314 g/mol. The number of hydrogen-bond donors (Lipinski definition) is 2. The monoisotopic (exact) mass is 337 g/mol. The van der Waals surface area contributed by atoms with Crippen LogP contribution in [0.4, 0.5) is 0 Å². The lowest BCUT2D eigenvalue weighted by molar-refractivity contribution is -0.140. The van der Waals surface area contributed by atoms with Gasteiger partial charge in [0, 0.05) is 12.7 Å². The molecule has 1 aromatic carbocycles. The van der Waals surface area contributed by atoms with E-state index >= 15 is 0 Å². The fraction of sp³-hybridized carbons (Fsp3) is 0.471. The van der Waals surface area contributed by atoms with Crippen molar-refractivity contribution in [2.45, 2.75) is 38.8 Å². The minimum absolute atomic E-state index is 0.0532. The summed E-state index contributed by atoms with van der Waals surface area (Å²) in [6.07, 6.45) is -1.14. The molecule has 2 N–H and O–H groups in total. The van der Waals surface area contributed by atoms with Crippen LogP contribution < -0.4 is 10.1 Å². The molecule has 0 aliphatic carbocycles. The Balaban J connectivity index is 2.77. The van der Waals surface area contributed by atoms with E-state index in [9.17, 15) is 14.4 Å². The lowest BCUT2D eigenvalue weighted by atomic mass is 9.98. The minimum Gasteiger partial charge on any atom is -0.481 e. The fourth-order valence-electron chi connectivity index (χ4n) is 2.23. The van der Waals surface area contributed by atoms with Gasteiger partial charge in [0.15, 0.2) is 11.9 Å². The molecule has 0 aliphatic heterocycles. The van der Waals surface area contributed by atoms with Gasteiger partial charge in [-0.15, -0.1) is 0 Å². The van der Waals surface area contributed by atoms with Crippen molar-refractivity contribution in [2.75, 3.05) is 13.7 Å². The van der Waals surface area contributed by atoms with Crippen LogP contribution in [-0.2, 0) is 14.3 Å². The summed E-state index contributed by atoms with van der Waals surface area (Å²) in [4.78, 5) is 34.6. The number of nitrogens with one attached hydrogen (secondary N) is 1. The van der Waals surface area contributed by atoms with Gasteiger partial charge in [-0.25, -0.2) is 0 Å². The molecule has 1 aromatic rings. The molecule has 0 spiro atoms. The van der Waals surface area contributed by atoms with Gasteiger partial charge in [0.25, 0.3) is 5.91 Å². The Kier molecular flexibility index (Phi) is 6.91. The van der Waals surface area contributed by atoms with E-state index in [1.54, 1.807) is 38.1 Å². The molecule has 0 fully saturated rings. The maximum Gasteiger partial charge on any atom is 0.305 e. The second-order valence-corrected chi connectivity index (χ2v) is 5.90. The number of Topliss-reactive ketones (excluding diaryl/α,β-unsaturated/α-hetero) is 1. The second kappa shape index (κ2) is 8.44. The molecule has 0 radical (unpaired) electrons. The highest BCUT2D eigenvalue weighted by atomic mass is 16.5. The maximum absolute atomic E-state index is 12.3. The van der Waals surface area contributed by atoms with Gasteiger partial charge in [0.1, 0.15) is 5.75 Å². The van der Waals surface area contributed by atoms with Gasteiger partial charge in [-0.3, -0.25) is 14.4 Å². The zero-order chi connectivity index (χ0) is 18.3. The van der Waals surface area contributed by atoms with Crippen LogP contribution in [-0.4, -0.2) is 48.1 Å². The van der Waals surface area contributed by atoms with Crippen molar-refractivity contribution in [3.63, 3.8) is 0 Å². The molecule has 7 heteroatoms. The molecular formula is C17H23NO6. The number of carbonyl (C=O) groups excluding carboxylic acids is 2. The highest BCUT2D eigenvalue weighted by Gasteiger charge is 2.31. The van der Waals surface area contributed by atoms with Crippen LogP contribution >= 0.6 is 0 Å². The number of carboxylic acid groups (broad SMARTS) is 1. The van der Waals surface area contributed by atoms with Gasteiger partial charge in [-0.05, 0) is 32.9 Å². The molecule has 0 bridgehead atoms. The van der Waals surface area contributed by atoms with Crippen LogP contribution in [0.25, 0.3) is 0 Å². The van der Waals surface area contributed by atoms with E-state index in [1.165, 1.54) is 14.0 Å². The summed E-state index contributed by atoms with van der Waals surface area (Å²) in [7, 11) is 1.43. The van der Waals surface area contributed by atoms with Gasteiger partial charge >= 0.3 is 5.97 Å². The van der Waals surface area contributed by atoms with Gasteiger partial charge < -0.3 is 19.9 Å². The molecule has 0 saturated heterocycles. The largest absolute Gasteiger partial charge is 0.481 e. The van der Waals surface area contributed by atoms with Gasteiger partial charge in [0.05, 0.1) is 18.6 Å². The summed E-state index contributed by atoms with van der Waals surface area (Å²) in [5.41, 5.74) is -0.563. The lowest BCUT2D eigenvalue weighted by Gasteiger charge is -2.30. The molecule has 1 amide bonds. The van der Waals surface area contributed by atoms with Crippen LogP contribution in [0.1, 0.15) is 37.6 Å². The predicted molar refractivity (Wildman–Crippen MR) is 87.2 cm³/mol. The number of carboxylic acids is 1. The van der Waals surface area contributed by atoms with Crippen LogP contribution in [0.3, 0.4) is 0 Å². The number of rotatable bonds is 9. The lowest BCUT2D eigenvalue weighted by Crippen LogP contribution is -2.54. The number of amides is 1. The summed E-state index contributed by atoms with van der Waals surface area (Å²) in [6.45, 7) is 4.63. The van der Waals surface area contributed by atoms with Crippen molar-refractivity contribution in [3.8, 4) is 5.75 Å². The highest BCUT2D eigenvalue weighted by molar-refractivity contribution is 5.94. The summed E-state index contributed by atoms with van der Waals surface area (Å²) in [5.74, 6) is -1.23. The van der Waals surface area contributed by atoms with E-state index in [-0.39, 0.29) is 18.8 Å². The molecule has 0 aliphatic rings. The fourth-order valence-corrected chi connectivity index (χ4v) is 2.23. The SMILES string of the molecule is COCC(C)(CC(=O)O)NC(=O)C(C)Oc1cccc(C(C)=O)c1. The zero-order valence-corrected chi connectivity index (χ0v) is 14.3. The first-order valence-corrected chi connectivity index (χ1v) is 7.47. The van der Waals surface area contributed by atoms with Gasteiger partial charge in [0.2, 0.25) is 0 Å². The number of benzene rings is 1. The van der Waals surface area contributed by atoms with Crippen LogP contribution in [0, 0.1) is 0 Å². The Morgan fingerprint density at radius 2 is 2.00 bits per heavy atom. The summed E-state index contributed by atoms with van der Waals surface area (Å²) < 4.78 is 10.5. The third-order valence-corrected chi connectivity index (χ3v) is 3.35. The first-order valence-electron chi connectivity index (χ1n) is 7.47. The number of ketones is 1. The number of hydrogen-bond acceptors (Lipinski definition) is 5. The van der Waals surface area contributed by atoms with Crippen molar-refractivity contribution in [1.29, 1.82) is 0 Å². The topological polar surface area (TPSA) is 102 Å². The number of carbonyl (C=O) groups is 3. The number of ether oxygens (including phenoxy) is 2. The molecule has 7 nitrogen and oxygen atoms in total. The Hall–Kier alpha value is -2.41. The third-order valence-electron chi connectivity index (χ3n) is 3.35. The number of methoxy groups -OCH3 is 1. The standard InChI is InChI=1S/C17H23NO6/c1-11(19)13-6-5-7-14(8-13)24-12(2)16(22)18-17(3,10-23-4)9-15(20)21/h5-8,12H,9-10H2,1-4H3,(H,18,22)(H,20,21). The van der Waals surface area contributed by atoms with Crippen LogP contribution in [0.15, 0.2) is 24.3 Å². The average molecular weight is 337 g/mol. The predicted octanol–water partition coefficient (Wildman–Crippen LogP) is 1.65. The summed E-state index contributed by atoms with van der Waals surface area (Å²) >= 11 is 0. The first-order chi connectivity index (χ1) is 11.2. The molecule has 0 saturated carbocycles. The van der Waals surface area contributed by atoms with Crippen molar-refractivity contribution in [1.82, 2.24) is 5.32 Å². The molecule has 2 unspecified atom stereocenters. The third kappa shape index (κ3) is 6.00. The summed E-state index contributed by atoms with van der Waals surface area (Å²) in [6, 6.07) is 6.51. The van der Waals surface area contributed by atoms with Crippen LogP contribution in [0.2, 0.25) is 0 Å².